The molecule has 0 amide bonds. The van der Waals surface area contributed by atoms with Crippen LogP contribution in [0.5, 0.6) is 5.75 Å². The van der Waals surface area contributed by atoms with E-state index in [9.17, 15) is 0 Å². The monoisotopic (exact) mass is 303 g/mol. The van der Waals surface area contributed by atoms with E-state index in [0.717, 1.165) is 11.4 Å². The van der Waals surface area contributed by atoms with E-state index < -0.39 is 0 Å². The first-order chi connectivity index (χ1) is 9.92. The van der Waals surface area contributed by atoms with Gasteiger partial charge in [-0.05, 0) is 68.1 Å². The Morgan fingerprint density at radius 3 is 2.33 bits per heavy atom. The molecule has 21 heavy (non-hydrogen) atoms. The Kier molecular flexibility index (Phi) is 4.79. The second-order valence-electron chi connectivity index (χ2n) is 5.50. The van der Waals surface area contributed by atoms with Crippen molar-refractivity contribution in [2.24, 2.45) is 0 Å². The summed E-state index contributed by atoms with van der Waals surface area (Å²) < 4.78 is 5.39. The van der Waals surface area contributed by atoms with Crippen molar-refractivity contribution in [1.29, 1.82) is 0 Å². The highest BCUT2D eigenvalue weighted by molar-refractivity contribution is 6.30. The number of methoxy groups -OCH3 is 1. The molecule has 1 atom stereocenters. The minimum absolute atomic E-state index is 0.177. The van der Waals surface area contributed by atoms with E-state index in [4.69, 9.17) is 16.3 Å². The van der Waals surface area contributed by atoms with Crippen molar-refractivity contribution in [1.82, 2.24) is 0 Å². The van der Waals surface area contributed by atoms with E-state index >= 15 is 0 Å². The van der Waals surface area contributed by atoms with Crippen LogP contribution in [0, 0.1) is 20.8 Å². The molecule has 0 heterocycles. The average molecular weight is 304 g/mol. The zero-order valence-corrected chi connectivity index (χ0v) is 14.0. The smallest absolute Gasteiger partial charge is 0.142 e. The largest absolute Gasteiger partial charge is 0.495 e. The number of aryl methyl sites for hydroxylation is 3. The fourth-order valence-electron chi connectivity index (χ4n) is 2.55. The maximum atomic E-state index is 6.08. The fourth-order valence-corrected chi connectivity index (χ4v) is 2.73. The van der Waals surface area contributed by atoms with Crippen LogP contribution in [0.25, 0.3) is 0 Å². The summed E-state index contributed by atoms with van der Waals surface area (Å²) in [5.41, 5.74) is 6.13. The maximum Gasteiger partial charge on any atom is 0.142 e. The predicted octanol–water partition coefficient (Wildman–Crippen LogP) is 5.45. The molecule has 0 radical (unpaired) electrons. The summed E-state index contributed by atoms with van der Waals surface area (Å²) in [6.45, 7) is 8.59. The highest BCUT2D eigenvalue weighted by atomic mass is 35.5. The second kappa shape index (κ2) is 6.40. The molecule has 0 saturated heterocycles. The topological polar surface area (TPSA) is 21.3 Å². The minimum atomic E-state index is 0.177. The third-order valence-corrected chi connectivity index (χ3v) is 4.12. The molecule has 0 fully saturated rings. The quantitative estimate of drug-likeness (QED) is 0.811. The van der Waals surface area contributed by atoms with Gasteiger partial charge < -0.3 is 10.1 Å². The molecule has 0 bridgehead atoms. The van der Waals surface area contributed by atoms with Gasteiger partial charge in [-0.15, -0.1) is 0 Å². The summed E-state index contributed by atoms with van der Waals surface area (Å²) in [5.74, 6) is 0.799. The van der Waals surface area contributed by atoms with Crippen LogP contribution in [0.3, 0.4) is 0 Å². The Morgan fingerprint density at radius 2 is 1.67 bits per heavy atom. The molecule has 0 spiro atoms. The standard InChI is InChI=1S/C18H22ClNO/c1-11-8-13(3)16(9-12(11)2)14(4)20-17-10-15(19)6-7-18(17)21-5/h6-10,14,20H,1-5H3. The van der Waals surface area contributed by atoms with Crippen LogP contribution in [-0.4, -0.2) is 7.11 Å². The highest BCUT2D eigenvalue weighted by Crippen LogP contribution is 2.32. The van der Waals surface area contributed by atoms with Gasteiger partial charge in [0.1, 0.15) is 5.75 Å². The third kappa shape index (κ3) is 3.51. The molecular weight excluding hydrogens is 282 g/mol. The van der Waals surface area contributed by atoms with Crippen LogP contribution in [-0.2, 0) is 0 Å². The van der Waals surface area contributed by atoms with Crippen LogP contribution in [0.2, 0.25) is 5.02 Å². The van der Waals surface area contributed by atoms with Gasteiger partial charge in [-0.3, -0.25) is 0 Å². The number of hydrogen-bond donors (Lipinski definition) is 1. The zero-order chi connectivity index (χ0) is 15.6. The Labute approximate surface area is 132 Å². The van der Waals surface area contributed by atoms with Crippen molar-refractivity contribution < 1.29 is 4.74 Å². The first kappa shape index (κ1) is 15.7. The van der Waals surface area contributed by atoms with Crippen molar-refractivity contribution >= 4 is 17.3 Å². The molecule has 0 saturated carbocycles. The summed E-state index contributed by atoms with van der Waals surface area (Å²) >= 11 is 6.08. The summed E-state index contributed by atoms with van der Waals surface area (Å²) in [6.07, 6.45) is 0. The molecule has 2 aromatic rings. The van der Waals surface area contributed by atoms with Gasteiger partial charge in [0.05, 0.1) is 12.8 Å². The van der Waals surface area contributed by atoms with E-state index in [0.29, 0.717) is 5.02 Å². The summed E-state index contributed by atoms with van der Waals surface area (Å²) in [5, 5.41) is 4.19. The summed E-state index contributed by atoms with van der Waals surface area (Å²) in [6, 6.07) is 10.3. The lowest BCUT2D eigenvalue weighted by molar-refractivity contribution is 0.416. The van der Waals surface area contributed by atoms with Crippen molar-refractivity contribution in [2.75, 3.05) is 12.4 Å². The van der Waals surface area contributed by atoms with Gasteiger partial charge in [-0.1, -0.05) is 23.7 Å². The molecule has 3 heteroatoms. The van der Waals surface area contributed by atoms with Crippen LogP contribution in [0.15, 0.2) is 30.3 Å². The number of benzene rings is 2. The number of rotatable bonds is 4. The number of nitrogens with one attached hydrogen (secondary N) is 1. The Morgan fingerprint density at radius 1 is 1.00 bits per heavy atom. The molecule has 0 aliphatic rings. The zero-order valence-electron chi connectivity index (χ0n) is 13.3. The average Bonchev–Trinajstić information content (AvgIpc) is 2.43. The van der Waals surface area contributed by atoms with Gasteiger partial charge in [0, 0.05) is 11.1 Å². The summed E-state index contributed by atoms with van der Waals surface area (Å²) in [4.78, 5) is 0. The number of ether oxygens (including phenoxy) is 1. The van der Waals surface area contributed by atoms with Crippen molar-refractivity contribution in [3.8, 4) is 5.75 Å². The predicted molar refractivity (Wildman–Crippen MR) is 90.7 cm³/mol. The van der Waals surface area contributed by atoms with E-state index in [2.05, 4.69) is 45.1 Å². The van der Waals surface area contributed by atoms with Crippen LogP contribution in [0.1, 0.15) is 35.2 Å². The van der Waals surface area contributed by atoms with Crippen LogP contribution >= 0.6 is 11.6 Å². The number of hydrogen-bond acceptors (Lipinski definition) is 2. The molecule has 1 N–H and O–H groups in total. The SMILES string of the molecule is COc1ccc(Cl)cc1NC(C)c1cc(C)c(C)cc1C. The fraction of sp³-hybridized carbons (Fsp3) is 0.333. The second-order valence-corrected chi connectivity index (χ2v) is 5.94. The molecule has 0 aromatic heterocycles. The van der Waals surface area contributed by atoms with Crippen LogP contribution in [0.4, 0.5) is 5.69 Å². The van der Waals surface area contributed by atoms with E-state index in [1.165, 1.54) is 22.3 Å². The van der Waals surface area contributed by atoms with E-state index in [-0.39, 0.29) is 6.04 Å². The molecule has 2 aromatic carbocycles. The molecular formula is C18H22ClNO. The third-order valence-electron chi connectivity index (χ3n) is 3.88. The molecule has 112 valence electrons. The molecule has 2 rings (SSSR count). The van der Waals surface area contributed by atoms with Gasteiger partial charge in [-0.25, -0.2) is 0 Å². The molecule has 0 aliphatic heterocycles. The van der Waals surface area contributed by atoms with Gasteiger partial charge in [0.15, 0.2) is 0 Å². The Hall–Kier alpha value is -1.67. The van der Waals surface area contributed by atoms with Crippen molar-refractivity contribution in [2.45, 2.75) is 33.7 Å². The normalized spacial score (nSPS) is 12.1. The lowest BCUT2D eigenvalue weighted by Gasteiger charge is -2.21. The minimum Gasteiger partial charge on any atom is -0.495 e. The van der Waals surface area contributed by atoms with E-state index in [1.807, 2.05) is 18.2 Å². The maximum absolute atomic E-state index is 6.08. The Balaban J connectivity index is 2.32. The molecule has 2 nitrogen and oxygen atoms in total. The van der Waals surface area contributed by atoms with Gasteiger partial charge in [0.2, 0.25) is 0 Å². The summed E-state index contributed by atoms with van der Waals surface area (Å²) in [7, 11) is 1.67. The molecule has 0 aliphatic carbocycles. The van der Waals surface area contributed by atoms with Gasteiger partial charge in [0.25, 0.3) is 0 Å². The van der Waals surface area contributed by atoms with Gasteiger partial charge in [-0.2, -0.15) is 0 Å². The lowest BCUT2D eigenvalue weighted by Crippen LogP contribution is -2.10. The van der Waals surface area contributed by atoms with Gasteiger partial charge >= 0.3 is 0 Å². The van der Waals surface area contributed by atoms with Crippen molar-refractivity contribution in [3.05, 3.63) is 57.6 Å². The number of anilines is 1. The lowest BCUT2D eigenvalue weighted by atomic mass is 9.96. The number of halogens is 1. The first-order valence-corrected chi connectivity index (χ1v) is 7.48. The van der Waals surface area contributed by atoms with Crippen molar-refractivity contribution in [3.63, 3.8) is 0 Å². The highest BCUT2D eigenvalue weighted by Gasteiger charge is 2.12. The van der Waals surface area contributed by atoms with E-state index in [1.54, 1.807) is 7.11 Å². The molecule has 1 unspecified atom stereocenters. The Bertz CT molecular complexity index is 652. The first-order valence-electron chi connectivity index (χ1n) is 7.10. The van der Waals surface area contributed by atoms with Crippen LogP contribution < -0.4 is 10.1 Å².